The van der Waals surface area contributed by atoms with E-state index in [1.807, 2.05) is 18.5 Å². The fourth-order valence-corrected chi connectivity index (χ4v) is 3.22. The van der Waals surface area contributed by atoms with E-state index >= 15 is 0 Å². The molecular weight excluding hydrogens is 368 g/mol. The number of hydrogen-bond donors (Lipinski definition) is 0. The van der Waals surface area contributed by atoms with Crippen molar-refractivity contribution >= 4 is 27.7 Å². The number of pyridine rings is 1. The van der Waals surface area contributed by atoms with E-state index in [1.54, 1.807) is 6.20 Å². The summed E-state index contributed by atoms with van der Waals surface area (Å²) in [6.45, 7) is 6.62. The van der Waals surface area contributed by atoms with Gasteiger partial charge in [-0.05, 0) is 40.9 Å². The van der Waals surface area contributed by atoms with Crippen molar-refractivity contribution in [2.75, 3.05) is 29.4 Å². The Labute approximate surface area is 150 Å². The lowest BCUT2D eigenvalue weighted by Gasteiger charge is -2.40. The fraction of sp³-hybridized carbons (Fsp3) is 0.412. The highest BCUT2D eigenvalue weighted by Crippen LogP contribution is 2.25. The molecule has 1 fully saturated rings. The van der Waals surface area contributed by atoms with Crippen molar-refractivity contribution in [3.05, 3.63) is 40.3 Å². The van der Waals surface area contributed by atoms with Crippen LogP contribution in [0.3, 0.4) is 0 Å². The predicted molar refractivity (Wildman–Crippen MR) is 97.1 cm³/mol. The molecule has 0 saturated carbocycles. The summed E-state index contributed by atoms with van der Waals surface area (Å²) in [7, 11) is 0. The SMILES string of the molecule is CCc1cnc(N2CCN(c3ncc(Br)cc3C#N)C(C)C2)nc1. The molecule has 1 unspecified atom stereocenters. The van der Waals surface area contributed by atoms with Crippen LogP contribution in [0.4, 0.5) is 11.8 Å². The molecule has 1 aliphatic rings. The van der Waals surface area contributed by atoms with Gasteiger partial charge in [-0.1, -0.05) is 6.92 Å². The average molecular weight is 387 g/mol. The van der Waals surface area contributed by atoms with Gasteiger partial charge in [0, 0.05) is 48.7 Å². The molecule has 0 aliphatic carbocycles. The largest absolute Gasteiger partial charge is 0.349 e. The minimum Gasteiger partial charge on any atom is -0.349 e. The van der Waals surface area contributed by atoms with Crippen LogP contribution < -0.4 is 9.80 Å². The highest BCUT2D eigenvalue weighted by atomic mass is 79.9. The Morgan fingerprint density at radius 2 is 2.00 bits per heavy atom. The number of rotatable bonds is 3. The van der Waals surface area contributed by atoms with Crippen LogP contribution in [-0.2, 0) is 6.42 Å². The van der Waals surface area contributed by atoms with Gasteiger partial charge >= 0.3 is 0 Å². The van der Waals surface area contributed by atoms with Crippen LogP contribution >= 0.6 is 15.9 Å². The van der Waals surface area contributed by atoms with Crippen LogP contribution in [0.1, 0.15) is 25.0 Å². The van der Waals surface area contributed by atoms with Crippen molar-refractivity contribution in [1.82, 2.24) is 15.0 Å². The summed E-state index contributed by atoms with van der Waals surface area (Å²) in [4.78, 5) is 17.8. The predicted octanol–water partition coefficient (Wildman–Crippen LogP) is 2.78. The third-order valence-electron chi connectivity index (χ3n) is 4.24. The van der Waals surface area contributed by atoms with Gasteiger partial charge in [0.2, 0.25) is 5.95 Å². The molecule has 6 nitrogen and oxygen atoms in total. The second kappa shape index (κ2) is 7.14. The van der Waals surface area contributed by atoms with Crippen molar-refractivity contribution < 1.29 is 0 Å². The zero-order chi connectivity index (χ0) is 17.1. The number of piperazine rings is 1. The maximum absolute atomic E-state index is 9.37. The standard InChI is InChI=1S/C17H19BrN6/c1-3-13-8-21-17(22-9-13)23-4-5-24(12(2)11-23)16-14(7-19)6-15(18)10-20-16/h6,8-10,12H,3-5,11H2,1-2H3. The topological polar surface area (TPSA) is 68.9 Å². The Morgan fingerprint density at radius 1 is 1.25 bits per heavy atom. The molecule has 3 heterocycles. The van der Waals surface area contributed by atoms with Crippen molar-refractivity contribution in [2.45, 2.75) is 26.3 Å². The first-order chi connectivity index (χ1) is 11.6. The van der Waals surface area contributed by atoms with E-state index in [-0.39, 0.29) is 6.04 Å². The molecular formula is C17H19BrN6. The van der Waals surface area contributed by atoms with Gasteiger partial charge in [-0.3, -0.25) is 0 Å². The number of anilines is 2. The first-order valence-corrected chi connectivity index (χ1v) is 8.79. The summed E-state index contributed by atoms with van der Waals surface area (Å²) in [5, 5.41) is 9.37. The number of aryl methyl sites for hydroxylation is 1. The summed E-state index contributed by atoms with van der Waals surface area (Å²) in [6, 6.07) is 4.27. The van der Waals surface area contributed by atoms with E-state index < -0.39 is 0 Å². The van der Waals surface area contributed by atoms with Gasteiger partial charge in [-0.2, -0.15) is 5.26 Å². The van der Waals surface area contributed by atoms with Crippen LogP contribution in [0.2, 0.25) is 0 Å². The van der Waals surface area contributed by atoms with E-state index in [2.05, 4.69) is 60.6 Å². The average Bonchev–Trinajstić information content (AvgIpc) is 2.62. The van der Waals surface area contributed by atoms with Crippen molar-refractivity contribution in [2.24, 2.45) is 0 Å². The van der Waals surface area contributed by atoms with E-state index in [1.165, 1.54) is 0 Å². The summed E-state index contributed by atoms with van der Waals surface area (Å²) in [6.07, 6.45) is 6.46. The molecule has 1 atom stereocenters. The molecule has 124 valence electrons. The third kappa shape index (κ3) is 3.34. The van der Waals surface area contributed by atoms with E-state index in [9.17, 15) is 5.26 Å². The summed E-state index contributed by atoms with van der Waals surface area (Å²) in [5.74, 6) is 1.51. The fourth-order valence-electron chi connectivity index (χ4n) is 2.89. The molecule has 2 aromatic rings. The maximum atomic E-state index is 9.37. The van der Waals surface area contributed by atoms with Gasteiger partial charge in [0.15, 0.2) is 0 Å². The highest BCUT2D eigenvalue weighted by molar-refractivity contribution is 9.10. The lowest BCUT2D eigenvalue weighted by molar-refractivity contribution is 0.538. The molecule has 1 saturated heterocycles. The van der Waals surface area contributed by atoms with Crippen molar-refractivity contribution in [3.63, 3.8) is 0 Å². The summed E-state index contributed by atoms with van der Waals surface area (Å²) in [5.41, 5.74) is 1.73. The van der Waals surface area contributed by atoms with E-state index in [0.717, 1.165) is 47.9 Å². The van der Waals surface area contributed by atoms with Crippen molar-refractivity contribution in [1.29, 1.82) is 5.26 Å². The molecule has 2 aromatic heterocycles. The normalized spacial score (nSPS) is 17.7. The zero-order valence-corrected chi connectivity index (χ0v) is 15.4. The summed E-state index contributed by atoms with van der Waals surface area (Å²) < 4.78 is 0.818. The van der Waals surface area contributed by atoms with Gasteiger partial charge in [-0.15, -0.1) is 0 Å². The zero-order valence-electron chi connectivity index (χ0n) is 13.8. The smallest absolute Gasteiger partial charge is 0.225 e. The number of nitrogens with zero attached hydrogens (tertiary/aromatic N) is 6. The minimum atomic E-state index is 0.217. The highest BCUT2D eigenvalue weighted by Gasteiger charge is 2.27. The van der Waals surface area contributed by atoms with Gasteiger partial charge in [0.25, 0.3) is 0 Å². The number of nitriles is 1. The first kappa shape index (κ1) is 16.7. The van der Waals surface area contributed by atoms with Crippen LogP contribution in [0.15, 0.2) is 29.1 Å². The molecule has 0 bridgehead atoms. The minimum absolute atomic E-state index is 0.217. The summed E-state index contributed by atoms with van der Waals surface area (Å²) >= 11 is 3.37. The molecule has 0 amide bonds. The van der Waals surface area contributed by atoms with Crippen LogP contribution in [0, 0.1) is 11.3 Å². The number of aromatic nitrogens is 3. The molecule has 0 radical (unpaired) electrons. The lowest BCUT2D eigenvalue weighted by atomic mass is 10.1. The van der Waals surface area contributed by atoms with Gasteiger partial charge in [-0.25, -0.2) is 15.0 Å². The molecule has 0 spiro atoms. The number of halogens is 1. The molecule has 1 aliphatic heterocycles. The van der Waals surface area contributed by atoms with Gasteiger partial charge < -0.3 is 9.80 Å². The Hall–Kier alpha value is -2.20. The molecule has 24 heavy (non-hydrogen) atoms. The van der Waals surface area contributed by atoms with Crippen LogP contribution in [0.5, 0.6) is 0 Å². The van der Waals surface area contributed by atoms with Gasteiger partial charge in [0.1, 0.15) is 11.9 Å². The van der Waals surface area contributed by atoms with Crippen LogP contribution in [0.25, 0.3) is 0 Å². The molecule has 3 rings (SSSR count). The lowest BCUT2D eigenvalue weighted by Crippen LogP contribution is -2.53. The second-order valence-corrected chi connectivity index (χ2v) is 6.79. The molecule has 0 aromatic carbocycles. The van der Waals surface area contributed by atoms with Crippen molar-refractivity contribution in [3.8, 4) is 6.07 Å². The Kier molecular flexibility index (Phi) is 4.95. The molecule has 0 N–H and O–H groups in total. The Balaban J connectivity index is 1.77. The maximum Gasteiger partial charge on any atom is 0.225 e. The monoisotopic (exact) mass is 386 g/mol. The van der Waals surface area contributed by atoms with E-state index in [0.29, 0.717) is 5.56 Å². The number of hydrogen-bond acceptors (Lipinski definition) is 6. The first-order valence-electron chi connectivity index (χ1n) is 8.00. The molecule has 7 heteroatoms. The quantitative estimate of drug-likeness (QED) is 0.807. The van der Waals surface area contributed by atoms with Crippen LogP contribution in [-0.4, -0.2) is 40.6 Å². The third-order valence-corrected chi connectivity index (χ3v) is 4.67. The Morgan fingerprint density at radius 3 is 2.62 bits per heavy atom. The van der Waals surface area contributed by atoms with Gasteiger partial charge in [0.05, 0.1) is 5.56 Å². The Bertz CT molecular complexity index is 755. The second-order valence-electron chi connectivity index (χ2n) is 5.87. The van der Waals surface area contributed by atoms with E-state index in [4.69, 9.17) is 0 Å².